The van der Waals surface area contributed by atoms with Gasteiger partial charge in [-0.3, -0.25) is 19.4 Å². The lowest BCUT2D eigenvalue weighted by molar-refractivity contribution is 0.0647. The van der Waals surface area contributed by atoms with Gasteiger partial charge in [-0.2, -0.15) is 0 Å². The largest absolute Gasteiger partial charge is 0.361 e. The second-order valence-corrected chi connectivity index (χ2v) is 7.63. The Morgan fingerprint density at radius 3 is 2.07 bits per heavy atom. The van der Waals surface area contributed by atoms with Crippen LogP contribution in [0.3, 0.4) is 0 Å². The number of amides is 2. The number of piperazine rings is 1. The van der Waals surface area contributed by atoms with Crippen LogP contribution in [0.1, 0.15) is 27.1 Å². The van der Waals surface area contributed by atoms with Crippen LogP contribution in [0.2, 0.25) is 0 Å². The number of hydrogen-bond acceptors (Lipinski definition) is 7. The van der Waals surface area contributed by atoms with Crippen LogP contribution < -0.4 is 9.80 Å². The summed E-state index contributed by atoms with van der Waals surface area (Å²) >= 11 is 0. The molecule has 0 bridgehead atoms. The van der Waals surface area contributed by atoms with Crippen LogP contribution in [0.15, 0.2) is 36.4 Å². The molecular formula is C21H26N6O2. The Hall–Kier alpha value is -3.00. The van der Waals surface area contributed by atoms with E-state index in [9.17, 15) is 9.59 Å². The zero-order chi connectivity index (χ0) is 20.4. The van der Waals surface area contributed by atoms with E-state index in [-0.39, 0.29) is 11.8 Å². The van der Waals surface area contributed by atoms with Crippen molar-refractivity contribution in [1.82, 2.24) is 20.0 Å². The summed E-state index contributed by atoms with van der Waals surface area (Å²) in [4.78, 5) is 32.8. The highest BCUT2D eigenvalue weighted by molar-refractivity contribution is 6.21. The molecule has 0 unspecified atom stereocenters. The first-order chi connectivity index (χ1) is 14.0. The number of nitrogens with zero attached hydrogens (tertiary/aromatic N) is 6. The zero-order valence-corrected chi connectivity index (χ0v) is 16.9. The number of anilines is 2. The van der Waals surface area contributed by atoms with Gasteiger partial charge in [0.15, 0.2) is 11.6 Å². The highest BCUT2D eigenvalue weighted by Gasteiger charge is 2.34. The summed E-state index contributed by atoms with van der Waals surface area (Å²) in [5.74, 6) is 1.41. The van der Waals surface area contributed by atoms with Gasteiger partial charge in [-0.15, -0.1) is 10.2 Å². The predicted molar refractivity (Wildman–Crippen MR) is 111 cm³/mol. The summed E-state index contributed by atoms with van der Waals surface area (Å²) in [6.07, 6.45) is 0.781. The molecule has 8 nitrogen and oxygen atoms in total. The van der Waals surface area contributed by atoms with Gasteiger partial charge in [0.25, 0.3) is 11.8 Å². The Labute approximate surface area is 170 Å². The van der Waals surface area contributed by atoms with Gasteiger partial charge in [0, 0.05) is 46.8 Å². The molecule has 0 spiro atoms. The van der Waals surface area contributed by atoms with Crippen LogP contribution >= 0.6 is 0 Å². The fourth-order valence-electron chi connectivity index (χ4n) is 3.82. The molecule has 0 atom stereocenters. The lowest BCUT2D eigenvalue weighted by Crippen LogP contribution is -2.47. The van der Waals surface area contributed by atoms with Gasteiger partial charge in [-0.25, -0.2) is 0 Å². The minimum absolute atomic E-state index is 0.171. The smallest absolute Gasteiger partial charge is 0.261 e. The SMILES string of the molecule is CN(C)c1ccc(N2CCN(CCCN3C(=O)c4ccccc4C3=O)CC2)nn1. The lowest BCUT2D eigenvalue weighted by Gasteiger charge is -2.35. The van der Waals surface area contributed by atoms with Crippen molar-refractivity contribution in [3.8, 4) is 0 Å². The standard InChI is InChI=1S/C21H26N6O2/c1-24(2)18-8-9-19(23-22-18)26-14-12-25(13-15-26)10-5-11-27-20(28)16-6-3-4-7-17(16)21(27)29/h3-4,6-9H,5,10-15H2,1-2H3. The monoisotopic (exact) mass is 394 g/mol. The van der Waals surface area contributed by atoms with E-state index in [1.807, 2.05) is 31.1 Å². The molecule has 0 saturated carbocycles. The number of imide groups is 1. The third kappa shape index (κ3) is 3.93. The molecule has 1 aromatic heterocycles. The van der Waals surface area contributed by atoms with Crippen LogP contribution in [-0.2, 0) is 0 Å². The Balaban J connectivity index is 1.24. The van der Waals surface area contributed by atoms with Crippen LogP contribution in [0.5, 0.6) is 0 Å². The van der Waals surface area contributed by atoms with Gasteiger partial charge in [0.2, 0.25) is 0 Å². The van der Waals surface area contributed by atoms with Crippen molar-refractivity contribution < 1.29 is 9.59 Å². The van der Waals surface area contributed by atoms with Crippen LogP contribution in [-0.4, -0.2) is 85.2 Å². The average molecular weight is 394 g/mol. The van der Waals surface area contributed by atoms with Crippen molar-refractivity contribution >= 4 is 23.5 Å². The molecule has 8 heteroatoms. The van der Waals surface area contributed by atoms with Gasteiger partial charge >= 0.3 is 0 Å². The van der Waals surface area contributed by atoms with E-state index in [0.29, 0.717) is 17.7 Å². The summed E-state index contributed by atoms with van der Waals surface area (Å²) in [5.41, 5.74) is 1.04. The fourth-order valence-corrected chi connectivity index (χ4v) is 3.82. The number of fused-ring (bicyclic) bond motifs is 1. The average Bonchev–Trinajstić information content (AvgIpc) is 2.99. The van der Waals surface area contributed by atoms with E-state index < -0.39 is 0 Å². The van der Waals surface area contributed by atoms with E-state index >= 15 is 0 Å². The van der Waals surface area contributed by atoms with Crippen LogP contribution in [0, 0.1) is 0 Å². The Morgan fingerprint density at radius 1 is 0.862 bits per heavy atom. The van der Waals surface area contributed by atoms with Crippen molar-refractivity contribution in [2.45, 2.75) is 6.42 Å². The second kappa shape index (κ2) is 8.16. The van der Waals surface area contributed by atoms with Gasteiger partial charge < -0.3 is 9.80 Å². The van der Waals surface area contributed by atoms with Gasteiger partial charge in [0.1, 0.15) is 0 Å². The minimum Gasteiger partial charge on any atom is -0.361 e. The Bertz CT molecular complexity index is 855. The van der Waals surface area contributed by atoms with E-state index in [4.69, 9.17) is 0 Å². The molecule has 2 amide bonds. The molecule has 0 radical (unpaired) electrons. The lowest BCUT2D eigenvalue weighted by atomic mass is 10.1. The summed E-state index contributed by atoms with van der Waals surface area (Å²) in [5, 5.41) is 8.58. The van der Waals surface area contributed by atoms with Crippen LogP contribution in [0.25, 0.3) is 0 Å². The van der Waals surface area contributed by atoms with Crippen LogP contribution in [0.4, 0.5) is 11.6 Å². The number of carbonyl (C=O) groups is 2. The topological polar surface area (TPSA) is 72.9 Å². The molecule has 1 fully saturated rings. The van der Waals surface area contributed by atoms with Crippen molar-refractivity contribution in [2.75, 3.05) is 63.2 Å². The van der Waals surface area contributed by atoms with E-state index in [1.54, 1.807) is 24.3 Å². The number of aromatic nitrogens is 2. The van der Waals surface area contributed by atoms with E-state index in [2.05, 4.69) is 20.0 Å². The van der Waals surface area contributed by atoms with Gasteiger partial charge in [-0.05, 0) is 37.2 Å². The molecular weight excluding hydrogens is 368 g/mol. The second-order valence-electron chi connectivity index (χ2n) is 7.63. The van der Waals surface area contributed by atoms with Crippen molar-refractivity contribution in [3.05, 3.63) is 47.5 Å². The molecule has 1 saturated heterocycles. The molecule has 29 heavy (non-hydrogen) atoms. The summed E-state index contributed by atoms with van der Waals surface area (Å²) in [7, 11) is 3.90. The first-order valence-corrected chi connectivity index (χ1v) is 9.98. The molecule has 152 valence electrons. The third-order valence-electron chi connectivity index (χ3n) is 5.53. The molecule has 4 rings (SSSR count). The van der Waals surface area contributed by atoms with Gasteiger partial charge in [-0.1, -0.05) is 12.1 Å². The first-order valence-electron chi connectivity index (χ1n) is 9.98. The number of rotatable bonds is 6. The molecule has 2 aliphatic rings. The highest BCUT2D eigenvalue weighted by Crippen LogP contribution is 2.22. The molecule has 2 aliphatic heterocycles. The summed E-state index contributed by atoms with van der Waals surface area (Å²) in [6.45, 7) is 4.97. The normalized spacial score (nSPS) is 17.0. The van der Waals surface area contributed by atoms with E-state index in [1.165, 1.54) is 4.90 Å². The molecule has 0 aliphatic carbocycles. The Morgan fingerprint density at radius 2 is 1.52 bits per heavy atom. The molecule has 2 aromatic rings. The predicted octanol–water partition coefficient (Wildman–Crippen LogP) is 1.35. The third-order valence-corrected chi connectivity index (χ3v) is 5.53. The maximum Gasteiger partial charge on any atom is 0.261 e. The Kier molecular flexibility index (Phi) is 5.44. The maximum absolute atomic E-state index is 12.4. The highest BCUT2D eigenvalue weighted by atomic mass is 16.2. The first kappa shape index (κ1) is 19.3. The fraction of sp³-hybridized carbons (Fsp3) is 0.429. The van der Waals surface area contributed by atoms with Crippen molar-refractivity contribution in [2.24, 2.45) is 0 Å². The number of benzene rings is 1. The van der Waals surface area contributed by atoms with Crippen molar-refractivity contribution in [1.29, 1.82) is 0 Å². The maximum atomic E-state index is 12.4. The molecule has 0 N–H and O–H groups in total. The summed E-state index contributed by atoms with van der Waals surface area (Å²) < 4.78 is 0. The minimum atomic E-state index is -0.171. The summed E-state index contributed by atoms with van der Waals surface area (Å²) in [6, 6.07) is 11.0. The molecule has 3 heterocycles. The van der Waals surface area contributed by atoms with Gasteiger partial charge in [0.05, 0.1) is 11.1 Å². The number of hydrogen-bond donors (Lipinski definition) is 0. The zero-order valence-electron chi connectivity index (χ0n) is 16.9. The van der Waals surface area contributed by atoms with E-state index in [0.717, 1.165) is 50.8 Å². The quantitative estimate of drug-likeness (QED) is 0.685. The van der Waals surface area contributed by atoms with Crippen molar-refractivity contribution in [3.63, 3.8) is 0 Å². The number of carbonyl (C=O) groups excluding carboxylic acids is 2. The molecule has 1 aromatic carbocycles.